The van der Waals surface area contributed by atoms with Crippen LogP contribution < -0.4 is 10.1 Å². The van der Waals surface area contributed by atoms with Crippen molar-refractivity contribution < 1.29 is 9.53 Å². The van der Waals surface area contributed by atoms with Crippen LogP contribution in [0.2, 0.25) is 0 Å². The lowest BCUT2D eigenvalue weighted by Crippen LogP contribution is -2.05. The Labute approximate surface area is 57.6 Å². The summed E-state index contributed by atoms with van der Waals surface area (Å²) < 4.78 is 4.70. The van der Waals surface area contributed by atoms with Gasteiger partial charge in [0.15, 0.2) is 5.75 Å². The Hall–Kier alpha value is -1.51. The van der Waals surface area contributed by atoms with Crippen molar-refractivity contribution in [2.75, 3.05) is 0 Å². The van der Waals surface area contributed by atoms with Gasteiger partial charge in [-0.05, 0) is 12.1 Å². The summed E-state index contributed by atoms with van der Waals surface area (Å²) in [7, 11) is 0. The van der Waals surface area contributed by atoms with Gasteiger partial charge >= 0.3 is 6.09 Å². The molecule has 0 aliphatic carbocycles. The molecule has 1 heterocycles. The van der Waals surface area contributed by atoms with Gasteiger partial charge in [0.2, 0.25) is 0 Å². The molecule has 0 saturated heterocycles. The van der Waals surface area contributed by atoms with E-state index in [1.807, 2.05) is 6.07 Å². The first-order chi connectivity index (χ1) is 4.86. The van der Waals surface area contributed by atoms with E-state index in [1.54, 1.807) is 18.2 Å². The second-order valence-electron chi connectivity index (χ2n) is 1.95. The van der Waals surface area contributed by atoms with Crippen molar-refractivity contribution in [1.29, 1.82) is 0 Å². The summed E-state index contributed by atoms with van der Waals surface area (Å²) in [6.45, 7) is 0. The van der Waals surface area contributed by atoms with Crippen LogP contribution in [0.3, 0.4) is 0 Å². The molecule has 1 aromatic rings. The summed E-state index contributed by atoms with van der Waals surface area (Å²) in [5.41, 5.74) is 0.618. The summed E-state index contributed by atoms with van der Waals surface area (Å²) in [4.78, 5) is 10.5. The lowest BCUT2D eigenvalue weighted by atomic mass is 10.3. The number of benzene rings is 1. The van der Waals surface area contributed by atoms with Crippen LogP contribution in [0.25, 0.3) is 0 Å². The fourth-order valence-electron chi connectivity index (χ4n) is 0.851. The van der Waals surface area contributed by atoms with E-state index >= 15 is 0 Å². The number of rotatable bonds is 0. The summed E-state index contributed by atoms with van der Waals surface area (Å²) >= 11 is 0. The van der Waals surface area contributed by atoms with Gasteiger partial charge in [0.1, 0.15) is 5.69 Å². The molecule has 0 fully saturated rings. The number of carbonyl (C=O) groups excluding carboxylic acids is 1. The number of carbonyl (C=O) groups is 1. The minimum Gasteiger partial charge on any atom is -0.406 e. The van der Waals surface area contributed by atoms with Crippen molar-refractivity contribution >= 4 is 11.8 Å². The van der Waals surface area contributed by atoms with Crippen molar-refractivity contribution in [2.45, 2.75) is 0 Å². The molecule has 1 aliphatic heterocycles. The Morgan fingerprint density at radius 3 is 2.90 bits per heavy atom. The van der Waals surface area contributed by atoms with E-state index < -0.39 is 6.09 Å². The maximum absolute atomic E-state index is 10.5. The zero-order valence-electron chi connectivity index (χ0n) is 5.07. The third-order valence-corrected chi connectivity index (χ3v) is 1.27. The maximum atomic E-state index is 10.5. The predicted octanol–water partition coefficient (Wildman–Crippen LogP) is 1.43. The third-order valence-electron chi connectivity index (χ3n) is 1.27. The van der Waals surface area contributed by atoms with E-state index in [9.17, 15) is 4.79 Å². The van der Waals surface area contributed by atoms with E-state index in [0.717, 1.165) is 0 Å². The number of fused-ring (bicyclic) bond motifs is 1. The molecule has 0 atom stereocenters. The van der Waals surface area contributed by atoms with Gasteiger partial charge in [-0.2, -0.15) is 5.32 Å². The number of hydrogen-bond donors (Lipinski definition) is 0. The Kier molecular flexibility index (Phi) is 0.917. The first-order valence-electron chi connectivity index (χ1n) is 2.89. The molecule has 2 rings (SSSR count). The third kappa shape index (κ3) is 0.639. The first-order valence-corrected chi connectivity index (χ1v) is 2.89. The monoisotopic (exact) mass is 134 g/mol. The minimum atomic E-state index is -0.527. The van der Waals surface area contributed by atoms with Gasteiger partial charge in [-0.15, -0.1) is 0 Å². The highest BCUT2D eigenvalue weighted by atomic mass is 16.6. The molecule has 1 aliphatic rings. The zero-order valence-corrected chi connectivity index (χ0v) is 5.07. The van der Waals surface area contributed by atoms with Crippen molar-refractivity contribution in [1.82, 2.24) is 5.32 Å². The van der Waals surface area contributed by atoms with Gasteiger partial charge in [0.25, 0.3) is 0 Å². The molecule has 49 valence electrons. The summed E-state index contributed by atoms with van der Waals surface area (Å²) in [6.07, 6.45) is -0.527. The van der Waals surface area contributed by atoms with Crippen LogP contribution >= 0.6 is 0 Å². The van der Waals surface area contributed by atoms with Crippen LogP contribution in [-0.4, -0.2) is 6.09 Å². The summed E-state index contributed by atoms with van der Waals surface area (Å²) in [5.74, 6) is 0.549. The molecule has 0 spiro atoms. The molecule has 10 heavy (non-hydrogen) atoms. The fraction of sp³-hybridized carbons (Fsp3) is 0. The molecule has 1 aromatic carbocycles. The van der Waals surface area contributed by atoms with Gasteiger partial charge in [0.05, 0.1) is 0 Å². The van der Waals surface area contributed by atoms with Crippen molar-refractivity contribution in [3.63, 3.8) is 0 Å². The molecule has 3 heteroatoms. The van der Waals surface area contributed by atoms with Crippen LogP contribution in [0.1, 0.15) is 0 Å². The van der Waals surface area contributed by atoms with Crippen LogP contribution in [0.4, 0.5) is 10.5 Å². The quantitative estimate of drug-likeness (QED) is 0.538. The van der Waals surface area contributed by atoms with Gasteiger partial charge in [0, 0.05) is 0 Å². The van der Waals surface area contributed by atoms with E-state index in [-0.39, 0.29) is 0 Å². The van der Waals surface area contributed by atoms with Gasteiger partial charge in [-0.1, -0.05) is 12.1 Å². The zero-order chi connectivity index (χ0) is 6.97. The van der Waals surface area contributed by atoms with E-state index in [2.05, 4.69) is 5.32 Å². The molecular formula is C7H4NO2. The molecule has 3 nitrogen and oxygen atoms in total. The van der Waals surface area contributed by atoms with Crippen molar-refractivity contribution in [2.24, 2.45) is 0 Å². The maximum Gasteiger partial charge on any atom is 0.439 e. The topological polar surface area (TPSA) is 40.4 Å². The average molecular weight is 134 g/mol. The van der Waals surface area contributed by atoms with Crippen LogP contribution in [0.5, 0.6) is 5.75 Å². The van der Waals surface area contributed by atoms with Crippen LogP contribution in [0, 0.1) is 0 Å². The SMILES string of the molecule is O=C1[N]c2ccccc2O1. The largest absolute Gasteiger partial charge is 0.439 e. The van der Waals surface area contributed by atoms with Gasteiger partial charge in [-0.25, -0.2) is 4.79 Å². The molecule has 0 aromatic heterocycles. The standard InChI is InChI=1S/C7H4NO2/c9-7-8-5-3-1-2-4-6(5)10-7/h1-4H. The lowest BCUT2D eigenvalue weighted by molar-refractivity contribution is 0.211. The number of ether oxygens (including phenoxy) is 1. The number of para-hydroxylation sites is 2. The highest BCUT2D eigenvalue weighted by molar-refractivity contribution is 5.84. The Bertz CT molecular complexity index is 256. The minimum absolute atomic E-state index is 0.527. The van der Waals surface area contributed by atoms with E-state index in [1.165, 1.54) is 0 Å². The van der Waals surface area contributed by atoms with Crippen LogP contribution in [0.15, 0.2) is 24.3 Å². The molecule has 0 saturated carbocycles. The number of nitrogens with zero attached hydrogens (tertiary/aromatic N) is 1. The summed E-state index contributed by atoms with van der Waals surface area (Å²) in [5, 5.41) is 3.59. The number of amides is 1. The molecule has 1 radical (unpaired) electrons. The van der Waals surface area contributed by atoms with Crippen molar-refractivity contribution in [3.8, 4) is 5.75 Å². The lowest BCUT2D eigenvalue weighted by Gasteiger charge is -1.88. The molecule has 0 N–H and O–H groups in total. The normalized spacial score (nSPS) is 13.8. The Morgan fingerprint density at radius 1 is 1.30 bits per heavy atom. The molecule has 0 bridgehead atoms. The van der Waals surface area contributed by atoms with Gasteiger partial charge < -0.3 is 4.74 Å². The molecule has 1 amide bonds. The smallest absolute Gasteiger partial charge is 0.406 e. The Morgan fingerprint density at radius 2 is 2.10 bits per heavy atom. The predicted molar refractivity (Wildman–Crippen MR) is 34.3 cm³/mol. The number of hydrogen-bond acceptors (Lipinski definition) is 2. The Balaban J connectivity index is 2.51. The second kappa shape index (κ2) is 1.73. The first kappa shape index (κ1) is 5.29. The molecule has 0 unspecified atom stereocenters. The van der Waals surface area contributed by atoms with Gasteiger partial charge in [-0.3, -0.25) is 0 Å². The highest BCUT2D eigenvalue weighted by Gasteiger charge is 2.19. The second-order valence-corrected chi connectivity index (χ2v) is 1.95. The van der Waals surface area contributed by atoms with E-state index in [4.69, 9.17) is 4.74 Å². The molecular weight excluding hydrogens is 130 g/mol. The highest BCUT2D eigenvalue weighted by Crippen LogP contribution is 2.28. The summed E-state index contributed by atoms with van der Waals surface area (Å²) in [6, 6.07) is 7.06. The average Bonchev–Trinajstić information content (AvgIpc) is 2.27. The fourth-order valence-corrected chi connectivity index (χ4v) is 0.851. The van der Waals surface area contributed by atoms with Crippen LogP contribution in [-0.2, 0) is 0 Å². The van der Waals surface area contributed by atoms with Crippen molar-refractivity contribution in [3.05, 3.63) is 24.3 Å². The van der Waals surface area contributed by atoms with E-state index in [0.29, 0.717) is 11.4 Å².